The van der Waals surface area contributed by atoms with Gasteiger partial charge in [-0.15, -0.1) is 0 Å². The van der Waals surface area contributed by atoms with Crippen LogP contribution < -0.4 is 5.32 Å². The fraction of sp³-hybridized carbons (Fsp3) is 0.714. The van der Waals surface area contributed by atoms with Gasteiger partial charge in [-0.3, -0.25) is 0 Å². The quantitative estimate of drug-likeness (QED) is 0.734. The summed E-state index contributed by atoms with van der Waals surface area (Å²) in [5, 5.41) is 3.45. The lowest BCUT2D eigenvalue weighted by atomic mass is 10.3. The average Bonchev–Trinajstić information content (AvgIpc) is 3.01. The molecule has 0 unspecified atom stereocenters. The smallest absolute Gasteiger partial charge is 0.117 e. The summed E-state index contributed by atoms with van der Waals surface area (Å²) in [7, 11) is 0. The maximum absolute atomic E-state index is 5.71. The Kier molecular flexibility index (Phi) is 6.11. The van der Waals surface area contributed by atoms with Gasteiger partial charge in [0.2, 0.25) is 0 Å². The molecule has 3 nitrogen and oxygen atoms in total. The fourth-order valence-electron chi connectivity index (χ4n) is 2.38. The zero-order valence-electron chi connectivity index (χ0n) is 11.3. The standard InChI is InChI=1S/C14H24N2OS/c1-18-12-14-6-5-13(17-14)11-15-7-4-10-16-8-2-3-9-16/h5-6,15H,2-4,7-12H2,1H3. The number of likely N-dealkylation sites (tertiary alicyclic amines) is 1. The first-order chi connectivity index (χ1) is 8.88. The number of nitrogens with zero attached hydrogens (tertiary/aromatic N) is 1. The maximum Gasteiger partial charge on any atom is 0.117 e. The molecule has 1 aliphatic rings. The third kappa shape index (κ3) is 4.67. The predicted molar refractivity (Wildman–Crippen MR) is 77.9 cm³/mol. The van der Waals surface area contributed by atoms with E-state index < -0.39 is 0 Å². The highest BCUT2D eigenvalue weighted by molar-refractivity contribution is 7.97. The van der Waals surface area contributed by atoms with Gasteiger partial charge in [-0.2, -0.15) is 11.8 Å². The van der Waals surface area contributed by atoms with E-state index in [9.17, 15) is 0 Å². The summed E-state index contributed by atoms with van der Waals surface area (Å²) in [4.78, 5) is 2.56. The number of rotatable bonds is 8. The van der Waals surface area contributed by atoms with E-state index in [2.05, 4.69) is 28.6 Å². The summed E-state index contributed by atoms with van der Waals surface area (Å²) < 4.78 is 5.71. The van der Waals surface area contributed by atoms with Gasteiger partial charge in [0.15, 0.2) is 0 Å². The van der Waals surface area contributed by atoms with Crippen LogP contribution in [0.3, 0.4) is 0 Å². The van der Waals surface area contributed by atoms with Crippen molar-refractivity contribution in [2.45, 2.75) is 31.6 Å². The molecule has 0 aromatic carbocycles. The van der Waals surface area contributed by atoms with E-state index in [1.807, 2.05) is 0 Å². The molecule has 1 aliphatic heterocycles. The second-order valence-corrected chi connectivity index (χ2v) is 5.75. The van der Waals surface area contributed by atoms with Crippen molar-refractivity contribution in [1.29, 1.82) is 0 Å². The van der Waals surface area contributed by atoms with Crippen LogP contribution in [0.5, 0.6) is 0 Å². The van der Waals surface area contributed by atoms with Crippen LogP contribution in [-0.2, 0) is 12.3 Å². The zero-order chi connectivity index (χ0) is 12.6. The lowest BCUT2D eigenvalue weighted by Gasteiger charge is -2.13. The number of thioether (sulfide) groups is 1. The Morgan fingerprint density at radius 2 is 2.06 bits per heavy atom. The van der Waals surface area contributed by atoms with Crippen LogP contribution in [0.1, 0.15) is 30.8 Å². The SMILES string of the molecule is CSCc1ccc(CNCCCN2CCCC2)o1. The van der Waals surface area contributed by atoms with Gasteiger partial charge in [-0.05, 0) is 63.8 Å². The molecule has 2 rings (SSSR count). The summed E-state index contributed by atoms with van der Waals surface area (Å²) in [5.74, 6) is 3.10. The first-order valence-corrected chi connectivity index (χ1v) is 8.27. The molecule has 0 saturated carbocycles. The third-order valence-electron chi connectivity index (χ3n) is 3.33. The van der Waals surface area contributed by atoms with Crippen molar-refractivity contribution in [2.24, 2.45) is 0 Å². The van der Waals surface area contributed by atoms with Crippen molar-refractivity contribution < 1.29 is 4.42 Å². The van der Waals surface area contributed by atoms with Crippen molar-refractivity contribution in [3.05, 3.63) is 23.7 Å². The molecule has 0 amide bonds. The number of hydrogen-bond donors (Lipinski definition) is 1. The minimum Gasteiger partial charge on any atom is -0.464 e. The van der Waals surface area contributed by atoms with Crippen LogP contribution in [0.15, 0.2) is 16.5 Å². The van der Waals surface area contributed by atoms with E-state index in [-0.39, 0.29) is 0 Å². The van der Waals surface area contributed by atoms with E-state index in [0.717, 1.165) is 30.4 Å². The van der Waals surface area contributed by atoms with Crippen LogP contribution >= 0.6 is 11.8 Å². The molecule has 0 bridgehead atoms. The van der Waals surface area contributed by atoms with Gasteiger partial charge in [0.1, 0.15) is 11.5 Å². The Hall–Kier alpha value is -0.450. The normalized spacial score (nSPS) is 16.5. The molecule has 0 radical (unpaired) electrons. The van der Waals surface area contributed by atoms with Crippen LogP contribution in [-0.4, -0.2) is 37.3 Å². The summed E-state index contributed by atoms with van der Waals surface area (Å²) in [6.07, 6.45) is 6.10. The Morgan fingerprint density at radius 1 is 1.28 bits per heavy atom. The summed E-state index contributed by atoms with van der Waals surface area (Å²) in [6, 6.07) is 4.16. The Bertz CT molecular complexity index is 334. The molecule has 0 spiro atoms. The summed E-state index contributed by atoms with van der Waals surface area (Å²) in [5.41, 5.74) is 0. The monoisotopic (exact) mass is 268 g/mol. The highest BCUT2D eigenvalue weighted by Crippen LogP contribution is 2.13. The van der Waals surface area contributed by atoms with Crippen molar-refractivity contribution in [3.63, 3.8) is 0 Å². The second kappa shape index (κ2) is 7.87. The number of furan rings is 1. The average molecular weight is 268 g/mol. The molecule has 0 aliphatic carbocycles. The Morgan fingerprint density at radius 3 is 2.83 bits per heavy atom. The van der Waals surface area contributed by atoms with E-state index in [4.69, 9.17) is 4.42 Å². The molecule has 0 atom stereocenters. The lowest BCUT2D eigenvalue weighted by Crippen LogP contribution is -2.24. The Labute approximate surface area is 114 Å². The van der Waals surface area contributed by atoms with Crippen LogP contribution in [0, 0.1) is 0 Å². The van der Waals surface area contributed by atoms with Crippen molar-refractivity contribution in [2.75, 3.05) is 32.4 Å². The predicted octanol–water partition coefficient (Wildman–Crippen LogP) is 2.72. The third-order valence-corrected chi connectivity index (χ3v) is 3.90. The van der Waals surface area contributed by atoms with Gasteiger partial charge in [-0.1, -0.05) is 0 Å². The first kappa shape index (κ1) is 14.0. The second-order valence-electron chi connectivity index (χ2n) is 4.88. The molecular formula is C14H24N2OS. The summed E-state index contributed by atoms with van der Waals surface area (Å²) >= 11 is 1.79. The van der Waals surface area contributed by atoms with Gasteiger partial charge in [0.05, 0.1) is 12.3 Å². The largest absolute Gasteiger partial charge is 0.464 e. The van der Waals surface area contributed by atoms with Crippen molar-refractivity contribution in [1.82, 2.24) is 10.2 Å². The van der Waals surface area contributed by atoms with E-state index >= 15 is 0 Å². The van der Waals surface area contributed by atoms with Gasteiger partial charge < -0.3 is 14.6 Å². The number of hydrogen-bond acceptors (Lipinski definition) is 4. The topological polar surface area (TPSA) is 28.4 Å². The van der Waals surface area contributed by atoms with Crippen molar-refractivity contribution >= 4 is 11.8 Å². The molecule has 1 aromatic rings. The van der Waals surface area contributed by atoms with Gasteiger partial charge in [0.25, 0.3) is 0 Å². The zero-order valence-corrected chi connectivity index (χ0v) is 12.1. The minimum absolute atomic E-state index is 0.856. The molecule has 1 N–H and O–H groups in total. The van der Waals surface area contributed by atoms with Gasteiger partial charge >= 0.3 is 0 Å². The minimum atomic E-state index is 0.856. The fourth-order valence-corrected chi connectivity index (χ4v) is 2.82. The van der Waals surface area contributed by atoms with Crippen molar-refractivity contribution in [3.8, 4) is 0 Å². The molecule has 1 aromatic heterocycles. The van der Waals surface area contributed by atoms with Gasteiger partial charge in [-0.25, -0.2) is 0 Å². The molecular weight excluding hydrogens is 244 g/mol. The maximum atomic E-state index is 5.71. The van der Waals surface area contributed by atoms with Crippen LogP contribution in [0.25, 0.3) is 0 Å². The van der Waals surface area contributed by atoms with E-state index in [1.165, 1.54) is 38.9 Å². The summed E-state index contributed by atoms with van der Waals surface area (Å²) in [6.45, 7) is 5.78. The lowest BCUT2D eigenvalue weighted by molar-refractivity contribution is 0.329. The molecule has 1 fully saturated rings. The van der Waals surface area contributed by atoms with E-state index in [1.54, 1.807) is 11.8 Å². The van der Waals surface area contributed by atoms with Crippen LogP contribution in [0.2, 0.25) is 0 Å². The first-order valence-electron chi connectivity index (χ1n) is 6.88. The molecule has 2 heterocycles. The van der Waals surface area contributed by atoms with Crippen LogP contribution in [0.4, 0.5) is 0 Å². The highest BCUT2D eigenvalue weighted by Gasteiger charge is 2.10. The highest BCUT2D eigenvalue weighted by atomic mass is 32.2. The van der Waals surface area contributed by atoms with Gasteiger partial charge in [0, 0.05) is 0 Å². The molecule has 18 heavy (non-hydrogen) atoms. The molecule has 1 saturated heterocycles. The van der Waals surface area contributed by atoms with E-state index in [0.29, 0.717) is 0 Å². The number of nitrogens with one attached hydrogen (secondary N) is 1. The Balaban J connectivity index is 1.54. The molecule has 4 heteroatoms. The molecule has 102 valence electrons.